The molecule has 0 bridgehead atoms. The van der Waals surface area contributed by atoms with Crippen molar-refractivity contribution in [2.75, 3.05) is 7.11 Å². The fourth-order valence-corrected chi connectivity index (χ4v) is 1.37. The summed E-state index contributed by atoms with van der Waals surface area (Å²) in [5.74, 6) is 0.639. The van der Waals surface area contributed by atoms with Crippen LogP contribution in [0.2, 0.25) is 0 Å². The summed E-state index contributed by atoms with van der Waals surface area (Å²) in [6.07, 6.45) is 0. The first-order chi connectivity index (χ1) is 5.70. The van der Waals surface area contributed by atoms with Crippen molar-refractivity contribution in [3.8, 4) is 11.8 Å². The highest BCUT2D eigenvalue weighted by Gasteiger charge is 2.06. The lowest BCUT2D eigenvalue weighted by molar-refractivity contribution is 0.404. The minimum atomic E-state index is 0.581. The van der Waals surface area contributed by atoms with E-state index in [2.05, 4.69) is 18.7 Å². The Kier molecular flexibility index (Phi) is 2.61. The lowest BCUT2D eigenvalue weighted by atomic mass is 10.1. The van der Waals surface area contributed by atoms with Crippen LogP contribution in [0.5, 0.6) is 5.75 Å². The standard InChI is InChI=1S/C9H9NOS/c1-6-3-4-8(11-2)9(12)7(6)5-10/h3-4,12H,1-2H3. The number of hydrogen-bond donors (Lipinski definition) is 1. The summed E-state index contributed by atoms with van der Waals surface area (Å²) in [7, 11) is 1.56. The van der Waals surface area contributed by atoms with Gasteiger partial charge < -0.3 is 4.74 Å². The molecule has 0 unspecified atom stereocenters. The van der Waals surface area contributed by atoms with Gasteiger partial charge in [-0.05, 0) is 18.6 Å². The van der Waals surface area contributed by atoms with Crippen molar-refractivity contribution in [3.63, 3.8) is 0 Å². The van der Waals surface area contributed by atoms with Crippen molar-refractivity contribution in [3.05, 3.63) is 23.3 Å². The van der Waals surface area contributed by atoms with Gasteiger partial charge in [0.15, 0.2) is 0 Å². The minimum Gasteiger partial charge on any atom is -0.496 e. The van der Waals surface area contributed by atoms with Gasteiger partial charge in [-0.25, -0.2) is 0 Å². The van der Waals surface area contributed by atoms with Crippen molar-refractivity contribution in [1.82, 2.24) is 0 Å². The summed E-state index contributed by atoms with van der Waals surface area (Å²) < 4.78 is 5.01. The molecule has 0 aliphatic rings. The van der Waals surface area contributed by atoms with Gasteiger partial charge in [0.2, 0.25) is 0 Å². The topological polar surface area (TPSA) is 33.0 Å². The van der Waals surface area contributed by atoms with E-state index in [4.69, 9.17) is 10.00 Å². The molecule has 0 aliphatic carbocycles. The molecule has 0 radical (unpaired) electrons. The van der Waals surface area contributed by atoms with Crippen LogP contribution in [-0.2, 0) is 0 Å². The third kappa shape index (κ3) is 1.39. The minimum absolute atomic E-state index is 0.581. The molecule has 1 aromatic rings. The Balaban J connectivity index is 3.36. The van der Waals surface area contributed by atoms with Gasteiger partial charge >= 0.3 is 0 Å². The fraction of sp³-hybridized carbons (Fsp3) is 0.222. The van der Waals surface area contributed by atoms with Crippen LogP contribution in [0, 0.1) is 18.3 Å². The Morgan fingerprint density at radius 2 is 2.17 bits per heavy atom. The molecule has 1 aromatic carbocycles. The van der Waals surface area contributed by atoms with E-state index in [1.807, 2.05) is 13.0 Å². The van der Waals surface area contributed by atoms with Gasteiger partial charge in [-0.2, -0.15) is 5.26 Å². The maximum atomic E-state index is 8.76. The number of nitriles is 1. The molecule has 2 nitrogen and oxygen atoms in total. The van der Waals surface area contributed by atoms with E-state index < -0.39 is 0 Å². The van der Waals surface area contributed by atoms with Crippen molar-refractivity contribution in [1.29, 1.82) is 5.26 Å². The Morgan fingerprint density at radius 1 is 1.50 bits per heavy atom. The van der Waals surface area contributed by atoms with E-state index in [-0.39, 0.29) is 0 Å². The van der Waals surface area contributed by atoms with Crippen LogP contribution in [0.4, 0.5) is 0 Å². The smallest absolute Gasteiger partial charge is 0.133 e. The van der Waals surface area contributed by atoms with Crippen LogP contribution in [0.15, 0.2) is 17.0 Å². The molecule has 0 aliphatic heterocycles. The lowest BCUT2D eigenvalue weighted by Gasteiger charge is -2.06. The van der Waals surface area contributed by atoms with Gasteiger partial charge in [0.05, 0.1) is 17.6 Å². The van der Waals surface area contributed by atoms with Crippen molar-refractivity contribution in [2.45, 2.75) is 11.8 Å². The number of thiol groups is 1. The molecule has 0 saturated carbocycles. The predicted octanol–water partition coefficient (Wildman–Crippen LogP) is 2.16. The third-order valence-corrected chi connectivity index (χ3v) is 2.12. The van der Waals surface area contributed by atoms with Crippen LogP contribution >= 0.6 is 12.6 Å². The first-order valence-electron chi connectivity index (χ1n) is 3.47. The average molecular weight is 179 g/mol. The zero-order valence-electron chi connectivity index (χ0n) is 6.96. The number of rotatable bonds is 1. The van der Waals surface area contributed by atoms with Crippen LogP contribution in [0.1, 0.15) is 11.1 Å². The maximum absolute atomic E-state index is 8.76. The molecule has 0 heterocycles. The molecule has 0 spiro atoms. The van der Waals surface area contributed by atoms with Gasteiger partial charge in [0.25, 0.3) is 0 Å². The summed E-state index contributed by atoms with van der Waals surface area (Å²) in [5.41, 5.74) is 1.50. The Labute approximate surface area is 77.2 Å². The highest BCUT2D eigenvalue weighted by atomic mass is 32.1. The van der Waals surface area contributed by atoms with Gasteiger partial charge in [0.1, 0.15) is 11.8 Å². The Hall–Kier alpha value is -1.14. The van der Waals surface area contributed by atoms with Gasteiger partial charge in [0, 0.05) is 0 Å². The van der Waals surface area contributed by atoms with E-state index in [1.165, 1.54) is 0 Å². The van der Waals surface area contributed by atoms with Crippen LogP contribution in [0.25, 0.3) is 0 Å². The van der Waals surface area contributed by atoms with E-state index in [1.54, 1.807) is 13.2 Å². The monoisotopic (exact) mass is 179 g/mol. The molecular weight excluding hydrogens is 170 g/mol. The Bertz CT molecular complexity index is 341. The van der Waals surface area contributed by atoms with Crippen LogP contribution in [0.3, 0.4) is 0 Å². The van der Waals surface area contributed by atoms with Crippen molar-refractivity contribution >= 4 is 12.6 Å². The number of methoxy groups -OCH3 is 1. The number of nitrogens with zero attached hydrogens (tertiary/aromatic N) is 1. The molecule has 62 valence electrons. The van der Waals surface area contributed by atoms with E-state index in [0.29, 0.717) is 16.2 Å². The van der Waals surface area contributed by atoms with E-state index in [0.717, 1.165) is 5.56 Å². The number of aryl methyl sites for hydroxylation is 1. The molecular formula is C9H9NOS. The average Bonchev–Trinajstić information content (AvgIpc) is 2.06. The SMILES string of the molecule is COc1ccc(C)c(C#N)c1S. The summed E-state index contributed by atoms with van der Waals surface area (Å²) >= 11 is 4.19. The zero-order valence-corrected chi connectivity index (χ0v) is 7.85. The molecule has 0 saturated heterocycles. The lowest BCUT2D eigenvalue weighted by Crippen LogP contribution is -1.90. The molecule has 1 rings (SSSR count). The summed E-state index contributed by atoms with van der Waals surface area (Å²) in [6.45, 7) is 1.87. The van der Waals surface area contributed by atoms with Crippen molar-refractivity contribution in [2.24, 2.45) is 0 Å². The quantitative estimate of drug-likeness (QED) is 0.670. The third-order valence-electron chi connectivity index (χ3n) is 1.68. The molecule has 0 amide bonds. The first-order valence-corrected chi connectivity index (χ1v) is 3.92. The number of ether oxygens (including phenoxy) is 1. The zero-order chi connectivity index (χ0) is 9.14. The van der Waals surface area contributed by atoms with E-state index in [9.17, 15) is 0 Å². The number of hydrogen-bond acceptors (Lipinski definition) is 3. The van der Waals surface area contributed by atoms with E-state index >= 15 is 0 Å². The molecule has 12 heavy (non-hydrogen) atoms. The van der Waals surface area contributed by atoms with Crippen LogP contribution in [-0.4, -0.2) is 7.11 Å². The summed E-state index contributed by atoms with van der Waals surface area (Å²) in [5, 5.41) is 8.76. The molecule has 3 heteroatoms. The Morgan fingerprint density at radius 3 is 2.67 bits per heavy atom. The molecule has 0 N–H and O–H groups in total. The van der Waals surface area contributed by atoms with Gasteiger partial charge in [-0.15, -0.1) is 12.6 Å². The predicted molar refractivity (Wildman–Crippen MR) is 49.7 cm³/mol. The maximum Gasteiger partial charge on any atom is 0.133 e. The second kappa shape index (κ2) is 3.51. The normalized spacial score (nSPS) is 9.17. The largest absolute Gasteiger partial charge is 0.496 e. The highest BCUT2D eigenvalue weighted by molar-refractivity contribution is 7.80. The number of benzene rings is 1. The summed E-state index contributed by atoms with van der Waals surface area (Å²) in [4.78, 5) is 0.611. The second-order valence-corrected chi connectivity index (χ2v) is 2.87. The first kappa shape index (κ1) is 8.95. The molecule has 0 atom stereocenters. The van der Waals surface area contributed by atoms with Crippen molar-refractivity contribution < 1.29 is 4.74 Å². The van der Waals surface area contributed by atoms with Crippen LogP contribution < -0.4 is 4.74 Å². The molecule has 0 fully saturated rings. The second-order valence-electron chi connectivity index (χ2n) is 2.42. The molecule has 0 aromatic heterocycles. The highest BCUT2D eigenvalue weighted by Crippen LogP contribution is 2.27. The van der Waals surface area contributed by atoms with Gasteiger partial charge in [-0.1, -0.05) is 6.07 Å². The van der Waals surface area contributed by atoms with Gasteiger partial charge in [-0.3, -0.25) is 0 Å². The fourth-order valence-electron chi connectivity index (χ4n) is 0.979. The summed E-state index contributed by atoms with van der Waals surface area (Å²) in [6, 6.07) is 5.73.